The van der Waals surface area contributed by atoms with Crippen LogP contribution >= 0.6 is 15.9 Å². The standard InChI is InChI=1S/C18H13BrN2O5/c1-9-2-3-10(18(25)26)6-14(9)20-15(22)8-21-16(23)12-5-4-11(19)7-13(12)17(21)24/h2-7H,8H2,1H3,(H,20,22)(H,25,26). The van der Waals surface area contributed by atoms with E-state index in [-0.39, 0.29) is 16.7 Å². The summed E-state index contributed by atoms with van der Waals surface area (Å²) < 4.78 is 0.657. The fraction of sp³-hybridized carbons (Fsp3) is 0.111. The minimum absolute atomic E-state index is 0.0245. The van der Waals surface area contributed by atoms with E-state index in [9.17, 15) is 19.2 Å². The molecule has 1 aliphatic heterocycles. The molecule has 0 unspecified atom stereocenters. The smallest absolute Gasteiger partial charge is 0.335 e. The molecule has 1 heterocycles. The van der Waals surface area contributed by atoms with Gasteiger partial charge in [0.1, 0.15) is 6.54 Å². The molecule has 0 radical (unpaired) electrons. The normalized spacial score (nSPS) is 12.9. The zero-order chi connectivity index (χ0) is 19.0. The molecular formula is C18H13BrN2O5. The van der Waals surface area contributed by atoms with E-state index in [4.69, 9.17) is 5.11 Å². The van der Waals surface area contributed by atoms with Gasteiger partial charge in [-0.15, -0.1) is 0 Å². The van der Waals surface area contributed by atoms with Crippen LogP contribution in [0.3, 0.4) is 0 Å². The summed E-state index contributed by atoms with van der Waals surface area (Å²) in [6.45, 7) is 1.25. The molecule has 2 aromatic rings. The number of anilines is 1. The fourth-order valence-corrected chi connectivity index (χ4v) is 2.99. The molecule has 0 bridgehead atoms. The van der Waals surface area contributed by atoms with Crippen molar-refractivity contribution in [3.63, 3.8) is 0 Å². The predicted octanol–water partition coefficient (Wildman–Crippen LogP) is 2.69. The second-order valence-electron chi connectivity index (χ2n) is 5.77. The SMILES string of the molecule is Cc1ccc(C(=O)O)cc1NC(=O)CN1C(=O)c2ccc(Br)cc2C1=O. The first-order valence-corrected chi connectivity index (χ1v) is 8.37. The minimum atomic E-state index is -1.12. The largest absolute Gasteiger partial charge is 0.478 e. The van der Waals surface area contributed by atoms with Crippen molar-refractivity contribution in [1.82, 2.24) is 4.90 Å². The lowest BCUT2D eigenvalue weighted by atomic mass is 10.1. The third-order valence-electron chi connectivity index (χ3n) is 3.99. The number of aryl methyl sites for hydroxylation is 1. The summed E-state index contributed by atoms with van der Waals surface area (Å²) in [6, 6.07) is 9.03. The van der Waals surface area contributed by atoms with Crippen molar-refractivity contribution >= 4 is 45.3 Å². The highest BCUT2D eigenvalue weighted by atomic mass is 79.9. The second kappa shape index (κ2) is 6.72. The quantitative estimate of drug-likeness (QED) is 0.745. The van der Waals surface area contributed by atoms with Crippen LogP contribution in [-0.4, -0.2) is 40.2 Å². The minimum Gasteiger partial charge on any atom is -0.478 e. The highest BCUT2D eigenvalue weighted by Gasteiger charge is 2.36. The number of halogens is 1. The zero-order valence-electron chi connectivity index (χ0n) is 13.6. The van der Waals surface area contributed by atoms with Crippen molar-refractivity contribution in [2.24, 2.45) is 0 Å². The Hall–Kier alpha value is -3.00. The number of hydrogen-bond acceptors (Lipinski definition) is 4. The molecule has 3 rings (SSSR count). The van der Waals surface area contributed by atoms with Crippen molar-refractivity contribution in [3.8, 4) is 0 Å². The maximum atomic E-state index is 12.4. The lowest BCUT2D eigenvalue weighted by Gasteiger charge is -2.15. The van der Waals surface area contributed by atoms with Gasteiger partial charge in [0.15, 0.2) is 0 Å². The van der Waals surface area contributed by atoms with Gasteiger partial charge in [-0.1, -0.05) is 22.0 Å². The molecular weight excluding hydrogens is 404 g/mol. The number of amides is 3. The first-order valence-electron chi connectivity index (χ1n) is 7.57. The Bertz CT molecular complexity index is 970. The fourth-order valence-electron chi connectivity index (χ4n) is 2.63. The van der Waals surface area contributed by atoms with Crippen molar-refractivity contribution in [3.05, 3.63) is 63.1 Å². The summed E-state index contributed by atoms with van der Waals surface area (Å²) in [7, 11) is 0. The van der Waals surface area contributed by atoms with Crippen LogP contribution in [0.4, 0.5) is 5.69 Å². The summed E-state index contributed by atoms with van der Waals surface area (Å²) in [5.74, 6) is -2.79. The van der Waals surface area contributed by atoms with E-state index in [0.29, 0.717) is 15.7 Å². The van der Waals surface area contributed by atoms with Crippen molar-refractivity contribution in [2.45, 2.75) is 6.92 Å². The van der Waals surface area contributed by atoms with Crippen LogP contribution in [-0.2, 0) is 4.79 Å². The molecule has 1 aliphatic rings. The van der Waals surface area contributed by atoms with E-state index in [1.165, 1.54) is 24.3 Å². The number of aromatic carboxylic acids is 1. The third kappa shape index (κ3) is 3.23. The number of imide groups is 1. The molecule has 3 amide bonds. The van der Waals surface area contributed by atoms with Crippen LogP contribution in [0.25, 0.3) is 0 Å². The number of carboxylic acids is 1. The first-order chi connectivity index (χ1) is 12.3. The zero-order valence-corrected chi connectivity index (χ0v) is 15.2. The van der Waals surface area contributed by atoms with Gasteiger partial charge in [0.2, 0.25) is 5.91 Å². The Balaban J connectivity index is 1.77. The monoisotopic (exact) mass is 416 g/mol. The number of fused-ring (bicyclic) bond motifs is 1. The Morgan fingerprint density at radius 3 is 2.46 bits per heavy atom. The van der Waals surface area contributed by atoms with E-state index in [1.54, 1.807) is 19.1 Å². The summed E-state index contributed by atoms with van der Waals surface area (Å²) >= 11 is 3.24. The second-order valence-corrected chi connectivity index (χ2v) is 6.69. The van der Waals surface area contributed by atoms with Crippen molar-refractivity contribution in [1.29, 1.82) is 0 Å². The summed E-state index contributed by atoms with van der Waals surface area (Å²) in [5.41, 5.74) is 1.48. The Labute approximate surface area is 156 Å². The van der Waals surface area contributed by atoms with Gasteiger partial charge in [0.05, 0.1) is 16.7 Å². The van der Waals surface area contributed by atoms with Crippen LogP contribution in [0.1, 0.15) is 36.6 Å². The molecule has 0 saturated carbocycles. The molecule has 0 atom stereocenters. The molecule has 0 aromatic heterocycles. The van der Waals surface area contributed by atoms with Gasteiger partial charge >= 0.3 is 5.97 Å². The Kier molecular flexibility index (Phi) is 4.60. The Morgan fingerprint density at radius 2 is 1.77 bits per heavy atom. The van der Waals surface area contributed by atoms with Gasteiger partial charge in [-0.3, -0.25) is 19.3 Å². The number of carbonyl (C=O) groups excluding carboxylic acids is 3. The van der Waals surface area contributed by atoms with E-state index < -0.39 is 30.2 Å². The summed E-state index contributed by atoms with van der Waals surface area (Å²) in [4.78, 5) is 48.9. The first kappa shape index (κ1) is 17.8. The predicted molar refractivity (Wildman–Crippen MR) is 96.3 cm³/mol. The van der Waals surface area contributed by atoms with Gasteiger partial charge < -0.3 is 10.4 Å². The molecule has 0 aliphatic carbocycles. The number of rotatable bonds is 4. The molecule has 2 aromatic carbocycles. The maximum Gasteiger partial charge on any atom is 0.335 e. The lowest BCUT2D eigenvalue weighted by Crippen LogP contribution is -2.37. The highest BCUT2D eigenvalue weighted by Crippen LogP contribution is 2.26. The molecule has 0 saturated heterocycles. The van der Waals surface area contributed by atoms with E-state index in [2.05, 4.69) is 21.2 Å². The average Bonchev–Trinajstić information content (AvgIpc) is 2.81. The van der Waals surface area contributed by atoms with Crippen LogP contribution in [0.5, 0.6) is 0 Å². The maximum absolute atomic E-state index is 12.4. The molecule has 8 heteroatoms. The summed E-state index contributed by atoms with van der Waals surface area (Å²) in [5, 5.41) is 11.6. The van der Waals surface area contributed by atoms with Gasteiger partial charge in [-0.05, 0) is 42.8 Å². The molecule has 7 nitrogen and oxygen atoms in total. The van der Waals surface area contributed by atoms with E-state index in [1.807, 2.05) is 0 Å². The van der Waals surface area contributed by atoms with Gasteiger partial charge in [0.25, 0.3) is 11.8 Å². The van der Waals surface area contributed by atoms with Gasteiger partial charge in [-0.25, -0.2) is 4.79 Å². The van der Waals surface area contributed by atoms with Crippen LogP contribution in [0.15, 0.2) is 40.9 Å². The number of benzene rings is 2. The van der Waals surface area contributed by atoms with E-state index in [0.717, 1.165) is 4.90 Å². The third-order valence-corrected chi connectivity index (χ3v) is 4.49. The number of hydrogen-bond donors (Lipinski definition) is 2. The number of nitrogens with one attached hydrogen (secondary N) is 1. The molecule has 132 valence electrons. The summed E-state index contributed by atoms with van der Waals surface area (Å²) in [6.07, 6.45) is 0. The molecule has 2 N–H and O–H groups in total. The molecule has 0 spiro atoms. The van der Waals surface area contributed by atoms with E-state index >= 15 is 0 Å². The molecule has 0 fully saturated rings. The Morgan fingerprint density at radius 1 is 1.08 bits per heavy atom. The highest BCUT2D eigenvalue weighted by molar-refractivity contribution is 9.10. The van der Waals surface area contributed by atoms with Gasteiger partial charge in [-0.2, -0.15) is 0 Å². The lowest BCUT2D eigenvalue weighted by molar-refractivity contribution is -0.116. The van der Waals surface area contributed by atoms with Crippen LogP contribution in [0, 0.1) is 6.92 Å². The number of carboxylic acid groups (broad SMARTS) is 1. The van der Waals surface area contributed by atoms with Crippen molar-refractivity contribution in [2.75, 3.05) is 11.9 Å². The number of nitrogens with zero attached hydrogens (tertiary/aromatic N) is 1. The number of carbonyl (C=O) groups is 4. The van der Waals surface area contributed by atoms with Crippen LogP contribution < -0.4 is 5.32 Å². The van der Waals surface area contributed by atoms with Crippen LogP contribution in [0.2, 0.25) is 0 Å². The van der Waals surface area contributed by atoms with Gasteiger partial charge in [0, 0.05) is 10.2 Å². The molecule has 26 heavy (non-hydrogen) atoms. The topological polar surface area (TPSA) is 104 Å². The van der Waals surface area contributed by atoms with Crippen molar-refractivity contribution < 1.29 is 24.3 Å². The average molecular weight is 417 g/mol.